The second-order valence-electron chi connectivity index (χ2n) is 6.77. The first-order valence-electron chi connectivity index (χ1n) is 9.24. The molecule has 2 aromatic rings. The number of nitrogens with one attached hydrogen (secondary N) is 1. The predicted molar refractivity (Wildman–Crippen MR) is 99.8 cm³/mol. The quantitative estimate of drug-likeness (QED) is 0.838. The van der Waals surface area contributed by atoms with Crippen molar-refractivity contribution >= 4 is 23.6 Å². The fraction of sp³-hybridized carbons (Fsp3) is 0.368. The van der Waals surface area contributed by atoms with Gasteiger partial charge in [0, 0.05) is 24.6 Å². The van der Waals surface area contributed by atoms with Crippen LogP contribution >= 0.6 is 0 Å². The van der Waals surface area contributed by atoms with Gasteiger partial charge in [-0.2, -0.15) is 5.10 Å². The molecule has 0 aliphatic carbocycles. The summed E-state index contributed by atoms with van der Waals surface area (Å²) in [4.78, 5) is 39.9. The monoisotopic (exact) mass is 383 g/mol. The largest absolute Gasteiger partial charge is 0.448 e. The zero-order valence-corrected chi connectivity index (χ0v) is 15.3. The standard InChI is InChI=1S/C19H21N5O4/c25-17(13-22-10-11-28-19(22)27)23-8-2-6-16(23)18(26)21-14-4-1-5-15(12-14)24-9-3-7-20-24/h1,3-5,7,9,12,16H,2,6,8,10-11,13H2,(H,21,26). The van der Waals surface area contributed by atoms with Crippen LogP contribution in [-0.2, 0) is 14.3 Å². The van der Waals surface area contributed by atoms with Crippen molar-refractivity contribution in [1.82, 2.24) is 19.6 Å². The van der Waals surface area contributed by atoms with Crippen molar-refractivity contribution in [1.29, 1.82) is 0 Å². The topological polar surface area (TPSA) is 96.8 Å². The molecule has 28 heavy (non-hydrogen) atoms. The highest BCUT2D eigenvalue weighted by molar-refractivity contribution is 5.98. The molecule has 1 aromatic heterocycles. The lowest BCUT2D eigenvalue weighted by atomic mass is 10.2. The summed E-state index contributed by atoms with van der Waals surface area (Å²) >= 11 is 0. The highest BCUT2D eigenvalue weighted by Crippen LogP contribution is 2.21. The van der Waals surface area contributed by atoms with E-state index in [9.17, 15) is 14.4 Å². The average molecular weight is 383 g/mol. The molecule has 1 N–H and O–H groups in total. The lowest BCUT2D eigenvalue weighted by molar-refractivity contribution is -0.137. The fourth-order valence-corrected chi connectivity index (χ4v) is 3.53. The molecule has 1 aromatic carbocycles. The number of nitrogens with zero attached hydrogens (tertiary/aromatic N) is 4. The van der Waals surface area contributed by atoms with Gasteiger partial charge in [0.05, 0.1) is 12.2 Å². The van der Waals surface area contributed by atoms with Crippen molar-refractivity contribution in [3.8, 4) is 5.69 Å². The third-order valence-corrected chi connectivity index (χ3v) is 4.93. The molecule has 2 aliphatic rings. The highest BCUT2D eigenvalue weighted by Gasteiger charge is 2.36. The number of cyclic esters (lactones) is 1. The fourth-order valence-electron chi connectivity index (χ4n) is 3.53. The molecule has 4 rings (SSSR count). The summed E-state index contributed by atoms with van der Waals surface area (Å²) in [7, 11) is 0. The van der Waals surface area contributed by atoms with Gasteiger partial charge in [0.15, 0.2) is 0 Å². The van der Waals surface area contributed by atoms with E-state index in [-0.39, 0.29) is 18.4 Å². The van der Waals surface area contributed by atoms with Crippen molar-refractivity contribution < 1.29 is 19.1 Å². The molecule has 1 unspecified atom stereocenters. The summed E-state index contributed by atoms with van der Waals surface area (Å²) in [5.74, 6) is -0.464. The van der Waals surface area contributed by atoms with Gasteiger partial charge in [-0.25, -0.2) is 9.48 Å². The van der Waals surface area contributed by atoms with E-state index in [1.165, 1.54) is 4.90 Å². The minimum Gasteiger partial charge on any atom is -0.448 e. The smallest absolute Gasteiger partial charge is 0.410 e. The van der Waals surface area contributed by atoms with Gasteiger partial charge in [0.2, 0.25) is 11.8 Å². The number of hydrogen-bond acceptors (Lipinski definition) is 5. The number of carbonyl (C=O) groups excluding carboxylic acids is 3. The van der Waals surface area contributed by atoms with Crippen LogP contribution in [0.2, 0.25) is 0 Å². The van der Waals surface area contributed by atoms with E-state index >= 15 is 0 Å². The summed E-state index contributed by atoms with van der Waals surface area (Å²) in [6, 6.07) is 8.63. The van der Waals surface area contributed by atoms with Gasteiger partial charge in [-0.3, -0.25) is 14.5 Å². The molecule has 146 valence electrons. The summed E-state index contributed by atoms with van der Waals surface area (Å²) in [5, 5.41) is 7.08. The molecule has 0 spiro atoms. The first-order valence-corrected chi connectivity index (χ1v) is 9.24. The molecule has 9 nitrogen and oxygen atoms in total. The number of ether oxygens (including phenoxy) is 1. The average Bonchev–Trinajstić information content (AvgIpc) is 3.44. The van der Waals surface area contributed by atoms with Gasteiger partial charge < -0.3 is 15.0 Å². The Labute approximate surface area is 161 Å². The van der Waals surface area contributed by atoms with Crippen LogP contribution in [-0.4, -0.2) is 69.8 Å². The molecular weight excluding hydrogens is 362 g/mol. The van der Waals surface area contributed by atoms with Crippen LogP contribution in [0.25, 0.3) is 5.69 Å². The number of rotatable bonds is 5. The Balaban J connectivity index is 1.42. The lowest BCUT2D eigenvalue weighted by Gasteiger charge is -2.25. The van der Waals surface area contributed by atoms with E-state index in [0.29, 0.717) is 31.8 Å². The van der Waals surface area contributed by atoms with Gasteiger partial charge >= 0.3 is 6.09 Å². The summed E-state index contributed by atoms with van der Waals surface area (Å²) in [6.07, 6.45) is 4.37. The number of likely N-dealkylation sites (tertiary alicyclic amines) is 1. The Bertz CT molecular complexity index is 882. The number of hydrogen-bond donors (Lipinski definition) is 1. The van der Waals surface area contributed by atoms with Gasteiger partial charge in [0.25, 0.3) is 0 Å². The van der Waals surface area contributed by atoms with Gasteiger partial charge in [-0.15, -0.1) is 0 Å². The van der Waals surface area contributed by atoms with E-state index in [0.717, 1.165) is 12.1 Å². The van der Waals surface area contributed by atoms with Gasteiger partial charge in [-0.1, -0.05) is 6.07 Å². The number of aromatic nitrogens is 2. The summed E-state index contributed by atoms with van der Waals surface area (Å²) < 4.78 is 6.56. The molecule has 0 bridgehead atoms. The maximum absolute atomic E-state index is 12.8. The van der Waals surface area contributed by atoms with E-state index in [2.05, 4.69) is 10.4 Å². The lowest BCUT2D eigenvalue weighted by Crippen LogP contribution is -2.47. The number of anilines is 1. The van der Waals surface area contributed by atoms with Crippen LogP contribution in [0.3, 0.4) is 0 Å². The molecule has 1 atom stereocenters. The molecule has 3 amide bonds. The van der Waals surface area contributed by atoms with Crippen LogP contribution in [0.1, 0.15) is 12.8 Å². The van der Waals surface area contributed by atoms with Crippen LogP contribution in [0.4, 0.5) is 10.5 Å². The Kier molecular flexibility index (Phi) is 4.96. The third kappa shape index (κ3) is 3.68. The van der Waals surface area contributed by atoms with Crippen LogP contribution < -0.4 is 5.32 Å². The third-order valence-electron chi connectivity index (χ3n) is 4.93. The first-order chi connectivity index (χ1) is 13.6. The second kappa shape index (κ2) is 7.71. The molecule has 3 heterocycles. The second-order valence-corrected chi connectivity index (χ2v) is 6.77. The molecule has 0 saturated carbocycles. The molecule has 9 heteroatoms. The minimum absolute atomic E-state index is 0.0581. The number of amides is 3. The van der Waals surface area contributed by atoms with Crippen LogP contribution in [0.15, 0.2) is 42.7 Å². The minimum atomic E-state index is -0.542. The highest BCUT2D eigenvalue weighted by atomic mass is 16.6. The van der Waals surface area contributed by atoms with Crippen molar-refractivity contribution in [2.24, 2.45) is 0 Å². The normalized spacial score (nSPS) is 19.0. The SMILES string of the molecule is O=C(Nc1cccc(-n2cccn2)c1)C1CCCN1C(=O)CN1CCOC1=O. The van der Waals surface area contributed by atoms with Gasteiger partial charge in [0.1, 0.15) is 19.2 Å². The number of benzene rings is 1. The van der Waals surface area contributed by atoms with E-state index in [1.54, 1.807) is 21.8 Å². The predicted octanol–water partition coefficient (Wildman–Crippen LogP) is 1.25. The molecule has 2 aliphatic heterocycles. The molecule has 0 radical (unpaired) electrons. The summed E-state index contributed by atoms with van der Waals surface area (Å²) in [5.41, 5.74) is 1.47. The zero-order chi connectivity index (χ0) is 19.5. The maximum Gasteiger partial charge on any atom is 0.410 e. The van der Waals surface area contributed by atoms with Crippen LogP contribution in [0, 0.1) is 0 Å². The van der Waals surface area contributed by atoms with Crippen molar-refractivity contribution in [3.05, 3.63) is 42.7 Å². The van der Waals surface area contributed by atoms with E-state index < -0.39 is 12.1 Å². The number of carbonyl (C=O) groups is 3. The Morgan fingerprint density at radius 1 is 1.25 bits per heavy atom. The first kappa shape index (κ1) is 18.0. The van der Waals surface area contributed by atoms with Crippen molar-refractivity contribution in [3.63, 3.8) is 0 Å². The molecular formula is C19H21N5O4. The molecule has 2 fully saturated rings. The Morgan fingerprint density at radius 2 is 2.14 bits per heavy atom. The Hall–Kier alpha value is -3.36. The Morgan fingerprint density at radius 3 is 2.89 bits per heavy atom. The maximum atomic E-state index is 12.8. The van der Waals surface area contributed by atoms with E-state index in [4.69, 9.17) is 4.74 Å². The van der Waals surface area contributed by atoms with Crippen LogP contribution in [0.5, 0.6) is 0 Å². The van der Waals surface area contributed by atoms with Crippen molar-refractivity contribution in [2.75, 3.05) is 31.6 Å². The van der Waals surface area contributed by atoms with Crippen molar-refractivity contribution in [2.45, 2.75) is 18.9 Å². The van der Waals surface area contributed by atoms with E-state index in [1.807, 2.05) is 30.5 Å². The summed E-state index contributed by atoms with van der Waals surface area (Å²) in [6.45, 7) is 1.14. The molecule has 2 saturated heterocycles. The van der Waals surface area contributed by atoms with Gasteiger partial charge in [-0.05, 0) is 37.1 Å². The zero-order valence-electron chi connectivity index (χ0n) is 15.3.